The summed E-state index contributed by atoms with van der Waals surface area (Å²) >= 11 is 0. The smallest absolute Gasteiger partial charge is 0.303 e. The van der Waals surface area contributed by atoms with Crippen LogP contribution in [0.2, 0.25) is 0 Å². The summed E-state index contributed by atoms with van der Waals surface area (Å²) in [4.78, 5) is 24.6. The van der Waals surface area contributed by atoms with Crippen LogP contribution in [0.25, 0.3) is 10.9 Å². The number of hydrogen-bond acceptors (Lipinski definition) is 3. The molecule has 0 saturated heterocycles. The Bertz CT molecular complexity index is 1430. The monoisotopic (exact) mass is 567 g/mol. The normalized spacial score (nSPS) is 12.1. The van der Waals surface area contributed by atoms with Crippen LogP contribution in [-0.4, -0.2) is 21.4 Å². The molecule has 4 rings (SSSR count). The van der Waals surface area contributed by atoms with Crippen LogP contribution in [0.15, 0.2) is 79.0 Å². The molecular weight excluding hydrogens is 522 g/mol. The van der Waals surface area contributed by atoms with Crippen molar-refractivity contribution in [2.45, 2.75) is 91.2 Å². The molecule has 1 N–H and O–H groups in total. The van der Waals surface area contributed by atoms with E-state index in [1.165, 1.54) is 36.8 Å². The molecule has 0 aliphatic carbocycles. The van der Waals surface area contributed by atoms with E-state index < -0.39 is 5.97 Å². The summed E-state index contributed by atoms with van der Waals surface area (Å²) in [5, 5.41) is 9.90. The number of rotatable bonds is 17. The van der Waals surface area contributed by atoms with Crippen molar-refractivity contribution in [3.05, 3.63) is 101 Å². The maximum atomic E-state index is 13.6. The summed E-state index contributed by atoms with van der Waals surface area (Å²) in [5.74, 6) is 0.513. The first-order valence-electron chi connectivity index (χ1n) is 15.6. The fourth-order valence-corrected chi connectivity index (χ4v) is 5.58. The minimum atomic E-state index is -0.813. The van der Waals surface area contributed by atoms with Gasteiger partial charge in [-0.05, 0) is 73.1 Å². The zero-order chi connectivity index (χ0) is 29.9. The number of para-hydroxylation sites is 1. The number of unbranched alkanes of at least 4 members (excludes halogenated alkanes) is 4. The standard InChI is InChI=1S/C37H45NO4/c1-4-5-6-7-8-14-35(29-18-16-28(17-19-29)25-27(2)3)42-31-22-20-30(21-23-31)37(41)33-26-38(24-11-15-36(39)40)34-13-10-9-12-32(33)34/h9-10,12-13,16-23,26-27,35H,4-8,11,14-15,24-25H2,1-3H3,(H,39,40). The Balaban J connectivity index is 1.49. The Morgan fingerprint density at radius 3 is 2.26 bits per heavy atom. The number of benzene rings is 3. The molecule has 0 bridgehead atoms. The molecule has 1 atom stereocenters. The van der Waals surface area contributed by atoms with Crippen LogP contribution in [0.5, 0.6) is 5.75 Å². The second-order valence-electron chi connectivity index (χ2n) is 11.8. The number of carboxylic acid groups (broad SMARTS) is 1. The second-order valence-corrected chi connectivity index (χ2v) is 11.8. The number of ether oxygens (including phenoxy) is 1. The Hall–Kier alpha value is -3.86. The SMILES string of the molecule is CCCCCCCC(Oc1ccc(C(=O)c2cn(CCCC(=O)O)c3ccccc23)cc1)c1ccc(CC(C)C)cc1. The van der Waals surface area contributed by atoms with Crippen molar-refractivity contribution in [1.82, 2.24) is 4.57 Å². The van der Waals surface area contributed by atoms with E-state index in [9.17, 15) is 9.59 Å². The van der Waals surface area contributed by atoms with Gasteiger partial charge in [-0.15, -0.1) is 0 Å². The van der Waals surface area contributed by atoms with Crippen LogP contribution >= 0.6 is 0 Å². The average Bonchev–Trinajstić information content (AvgIpc) is 3.35. The summed E-state index contributed by atoms with van der Waals surface area (Å²) in [6, 6.07) is 24.1. The third kappa shape index (κ3) is 8.58. The van der Waals surface area contributed by atoms with Crippen molar-refractivity contribution in [2.75, 3.05) is 0 Å². The molecule has 0 saturated carbocycles. The number of carbonyl (C=O) groups excluding carboxylic acids is 1. The fourth-order valence-electron chi connectivity index (χ4n) is 5.58. The van der Waals surface area contributed by atoms with E-state index in [-0.39, 0.29) is 18.3 Å². The third-order valence-corrected chi connectivity index (χ3v) is 7.78. The lowest BCUT2D eigenvalue weighted by Gasteiger charge is -2.20. The van der Waals surface area contributed by atoms with Gasteiger partial charge in [0.05, 0.1) is 0 Å². The lowest BCUT2D eigenvalue weighted by molar-refractivity contribution is -0.137. The highest BCUT2D eigenvalue weighted by Crippen LogP contribution is 2.30. The van der Waals surface area contributed by atoms with Crippen molar-refractivity contribution < 1.29 is 19.4 Å². The highest BCUT2D eigenvalue weighted by molar-refractivity contribution is 6.16. The minimum absolute atomic E-state index is 0.0370. The molecule has 1 unspecified atom stereocenters. The second kappa shape index (κ2) is 15.4. The van der Waals surface area contributed by atoms with Gasteiger partial charge in [0.2, 0.25) is 0 Å². The molecule has 0 radical (unpaired) electrons. The third-order valence-electron chi connectivity index (χ3n) is 7.78. The Morgan fingerprint density at radius 2 is 1.57 bits per heavy atom. The van der Waals surface area contributed by atoms with Crippen LogP contribution < -0.4 is 4.74 Å². The summed E-state index contributed by atoms with van der Waals surface area (Å²) in [7, 11) is 0. The van der Waals surface area contributed by atoms with Gasteiger partial charge in [-0.1, -0.05) is 88.9 Å². The number of ketones is 1. The highest BCUT2D eigenvalue weighted by atomic mass is 16.5. The maximum absolute atomic E-state index is 13.6. The molecule has 42 heavy (non-hydrogen) atoms. The molecule has 0 aliphatic heterocycles. The molecule has 0 fully saturated rings. The van der Waals surface area contributed by atoms with Crippen molar-refractivity contribution >= 4 is 22.7 Å². The number of carbonyl (C=O) groups is 2. The maximum Gasteiger partial charge on any atom is 0.303 e. The number of fused-ring (bicyclic) bond motifs is 1. The van der Waals surface area contributed by atoms with E-state index in [2.05, 4.69) is 45.0 Å². The van der Waals surface area contributed by atoms with E-state index in [0.717, 1.165) is 35.9 Å². The van der Waals surface area contributed by atoms with Crippen molar-refractivity contribution in [3.63, 3.8) is 0 Å². The van der Waals surface area contributed by atoms with Crippen molar-refractivity contribution in [1.29, 1.82) is 0 Å². The van der Waals surface area contributed by atoms with Gasteiger partial charge in [-0.3, -0.25) is 9.59 Å². The molecule has 4 aromatic rings. The van der Waals surface area contributed by atoms with Gasteiger partial charge >= 0.3 is 5.97 Å². The molecular formula is C37H45NO4. The summed E-state index contributed by atoms with van der Waals surface area (Å²) in [6.45, 7) is 7.26. The first kappa shape index (κ1) is 31.1. The number of aliphatic carboxylic acids is 1. The lowest BCUT2D eigenvalue weighted by Crippen LogP contribution is -2.09. The van der Waals surface area contributed by atoms with Gasteiger partial charge in [-0.2, -0.15) is 0 Å². The van der Waals surface area contributed by atoms with E-state index in [4.69, 9.17) is 9.84 Å². The van der Waals surface area contributed by atoms with Crippen LogP contribution in [0.4, 0.5) is 0 Å². The molecule has 5 nitrogen and oxygen atoms in total. The molecule has 0 amide bonds. The van der Waals surface area contributed by atoms with Crippen LogP contribution in [-0.2, 0) is 17.8 Å². The number of hydrogen-bond donors (Lipinski definition) is 1. The number of aryl methyl sites for hydroxylation is 1. The Labute approximate surface area is 250 Å². The van der Waals surface area contributed by atoms with Crippen LogP contribution in [0, 0.1) is 5.92 Å². The lowest BCUT2D eigenvalue weighted by atomic mass is 9.97. The first-order valence-corrected chi connectivity index (χ1v) is 15.6. The molecule has 0 spiro atoms. The largest absolute Gasteiger partial charge is 0.486 e. The summed E-state index contributed by atoms with van der Waals surface area (Å²) in [6.07, 6.45) is 10.5. The zero-order valence-electron chi connectivity index (χ0n) is 25.4. The van der Waals surface area contributed by atoms with Crippen molar-refractivity contribution in [3.8, 4) is 5.75 Å². The van der Waals surface area contributed by atoms with Gasteiger partial charge in [0.1, 0.15) is 11.9 Å². The van der Waals surface area contributed by atoms with Gasteiger partial charge in [0, 0.05) is 41.2 Å². The van der Waals surface area contributed by atoms with E-state index in [1.807, 2.05) is 59.3 Å². The predicted octanol–water partition coefficient (Wildman–Crippen LogP) is 9.42. The summed E-state index contributed by atoms with van der Waals surface area (Å²) in [5.41, 5.74) is 4.70. The molecule has 3 aromatic carbocycles. The first-order chi connectivity index (χ1) is 20.4. The topological polar surface area (TPSA) is 68.5 Å². The summed E-state index contributed by atoms with van der Waals surface area (Å²) < 4.78 is 8.53. The molecule has 5 heteroatoms. The van der Waals surface area contributed by atoms with E-state index in [0.29, 0.717) is 30.0 Å². The van der Waals surface area contributed by atoms with Gasteiger partial charge in [0.15, 0.2) is 5.78 Å². The Morgan fingerprint density at radius 1 is 0.857 bits per heavy atom. The van der Waals surface area contributed by atoms with Crippen LogP contribution in [0.1, 0.15) is 105 Å². The van der Waals surface area contributed by atoms with Gasteiger partial charge in [-0.25, -0.2) is 0 Å². The molecule has 1 heterocycles. The predicted molar refractivity (Wildman–Crippen MR) is 170 cm³/mol. The van der Waals surface area contributed by atoms with E-state index in [1.54, 1.807) is 0 Å². The minimum Gasteiger partial charge on any atom is -0.486 e. The Kier molecular flexibility index (Phi) is 11.4. The van der Waals surface area contributed by atoms with Crippen LogP contribution in [0.3, 0.4) is 0 Å². The number of carboxylic acids is 1. The van der Waals surface area contributed by atoms with Gasteiger partial charge in [0.25, 0.3) is 0 Å². The zero-order valence-corrected chi connectivity index (χ0v) is 25.4. The molecule has 1 aromatic heterocycles. The van der Waals surface area contributed by atoms with Gasteiger partial charge < -0.3 is 14.4 Å². The van der Waals surface area contributed by atoms with Crippen molar-refractivity contribution in [2.24, 2.45) is 5.92 Å². The molecule has 222 valence electrons. The average molecular weight is 568 g/mol. The number of nitrogens with zero attached hydrogens (tertiary/aromatic N) is 1. The van der Waals surface area contributed by atoms with E-state index >= 15 is 0 Å². The molecule has 0 aliphatic rings. The fraction of sp³-hybridized carbons (Fsp3) is 0.405. The quantitative estimate of drug-likeness (QED) is 0.102. The number of aromatic nitrogens is 1. The highest BCUT2D eigenvalue weighted by Gasteiger charge is 2.18.